The van der Waals surface area contributed by atoms with Crippen molar-refractivity contribution >= 4 is 0 Å². The number of nitriles is 1. The van der Waals surface area contributed by atoms with Crippen molar-refractivity contribution in [1.29, 1.82) is 5.26 Å². The number of nitrogens with zero attached hydrogens (tertiary/aromatic N) is 2. The van der Waals surface area contributed by atoms with Gasteiger partial charge < -0.3 is 10.1 Å². The molecule has 1 aromatic heterocycles. The quantitative estimate of drug-likeness (QED) is 0.818. The van der Waals surface area contributed by atoms with Crippen molar-refractivity contribution in [3.8, 4) is 11.8 Å². The molecule has 0 amide bonds. The van der Waals surface area contributed by atoms with E-state index in [0.717, 1.165) is 30.8 Å². The molecule has 0 saturated heterocycles. The lowest BCUT2D eigenvalue weighted by Crippen LogP contribution is -2.22. The lowest BCUT2D eigenvalue weighted by molar-refractivity contribution is 0.236. The van der Waals surface area contributed by atoms with Crippen molar-refractivity contribution in [1.82, 2.24) is 10.3 Å². The number of hydrogen-bond donors (Lipinski definition) is 1. The summed E-state index contributed by atoms with van der Waals surface area (Å²) in [6.07, 6.45) is 4.56. The molecule has 0 radical (unpaired) electrons. The maximum absolute atomic E-state index is 8.75. The molecule has 1 fully saturated rings. The molecule has 1 saturated carbocycles. The van der Waals surface area contributed by atoms with E-state index in [2.05, 4.69) is 30.2 Å². The molecule has 1 aromatic rings. The van der Waals surface area contributed by atoms with Crippen LogP contribution in [0.25, 0.3) is 0 Å². The summed E-state index contributed by atoms with van der Waals surface area (Å²) < 4.78 is 5.73. The summed E-state index contributed by atoms with van der Waals surface area (Å²) in [4.78, 5) is 4.37. The molecule has 1 aliphatic carbocycles. The second-order valence-corrected chi connectivity index (χ2v) is 5.64. The van der Waals surface area contributed by atoms with Gasteiger partial charge in [0, 0.05) is 24.4 Å². The maximum atomic E-state index is 8.75. The van der Waals surface area contributed by atoms with E-state index in [4.69, 9.17) is 10.00 Å². The Labute approximate surface area is 114 Å². The highest BCUT2D eigenvalue weighted by atomic mass is 16.5. The van der Waals surface area contributed by atoms with Gasteiger partial charge in [-0.3, -0.25) is 4.98 Å². The molecular weight excluding hydrogens is 238 g/mol. The van der Waals surface area contributed by atoms with Gasteiger partial charge in [-0.05, 0) is 25.0 Å². The molecular formula is C15H21N3O. The minimum absolute atomic E-state index is 0.118. The summed E-state index contributed by atoms with van der Waals surface area (Å²) in [6, 6.07) is 6.63. The van der Waals surface area contributed by atoms with Gasteiger partial charge >= 0.3 is 0 Å². The summed E-state index contributed by atoms with van der Waals surface area (Å²) in [5.74, 6) is 0.789. The Bertz CT molecular complexity index is 443. The Kier molecular flexibility index (Phi) is 4.39. The van der Waals surface area contributed by atoms with Gasteiger partial charge in [0.05, 0.1) is 24.6 Å². The van der Waals surface area contributed by atoms with Crippen molar-refractivity contribution in [2.24, 2.45) is 5.41 Å². The van der Waals surface area contributed by atoms with Crippen LogP contribution < -0.4 is 10.1 Å². The Balaban J connectivity index is 1.80. The smallest absolute Gasteiger partial charge is 0.137 e. The van der Waals surface area contributed by atoms with E-state index in [0.29, 0.717) is 19.1 Å². The highest BCUT2D eigenvalue weighted by molar-refractivity contribution is 5.20. The molecule has 1 N–H and O–H groups in total. The molecule has 102 valence electrons. The minimum atomic E-state index is 0.118. The molecule has 1 aliphatic rings. The summed E-state index contributed by atoms with van der Waals surface area (Å²) in [7, 11) is 0. The number of aromatic nitrogens is 1. The second kappa shape index (κ2) is 6.03. The Morgan fingerprint density at radius 3 is 2.79 bits per heavy atom. The van der Waals surface area contributed by atoms with Gasteiger partial charge in [0.25, 0.3) is 0 Å². The molecule has 2 rings (SSSR count). The van der Waals surface area contributed by atoms with Crippen LogP contribution in [0.2, 0.25) is 0 Å². The molecule has 4 heteroatoms. The van der Waals surface area contributed by atoms with Gasteiger partial charge in [0.1, 0.15) is 5.75 Å². The molecule has 0 unspecified atom stereocenters. The normalized spacial score (nSPS) is 16.1. The van der Waals surface area contributed by atoms with Gasteiger partial charge in [0.15, 0.2) is 0 Å². The zero-order valence-corrected chi connectivity index (χ0v) is 11.6. The van der Waals surface area contributed by atoms with Crippen LogP contribution in [0.1, 0.15) is 38.8 Å². The van der Waals surface area contributed by atoms with Crippen molar-refractivity contribution in [3.05, 3.63) is 24.0 Å². The predicted molar refractivity (Wildman–Crippen MR) is 73.6 cm³/mol. The van der Waals surface area contributed by atoms with Crippen LogP contribution in [-0.4, -0.2) is 17.6 Å². The van der Waals surface area contributed by atoms with E-state index in [1.165, 1.54) is 0 Å². The van der Waals surface area contributed by atoms with Crippen molar-refractivity contribution in [2.45, 2.75) is 45.7 Å². The molecule has 19 heavy (non-hydrogen) atoms. The van der Waals surface area contributed by atoms with Crippen molar-refractivity contribution in [3.63, 3.8) is 0 Å². The van der Waals surface area contributed by atoms with Gasteiger partial charge in [0.2, 0.25) is 0 Å². The van der Waals surface area contributed by atoms with Crippen LogP contribution >= 0.6 is 0 Å². The summed E-state index contributed by atoms with van der Waals surface area (Å²) >= 11 is 0. The van der Waals surface area contributed by atoms with E-state index in [9.17, 15) is 0 Å². The number of rotatable bonds is 7. The topological polar surface area (TPSA) is 57.9 Å². The molecule has 0 aromatic carbocycles. The maximum Gasteiger partial charge on any atom is 0.137 e. The van der Waals surface area contributed by atoms with E-state index in [-0.39, 0.29) is 5.41 Å². The first-order valence-corrected chi connectivity index (χ1v) is 6.82. The van der Waals surface area contributed by atoms with Gasteiger partial charge in [-0.15, -0.1) is 0 Å². The van der Waals surface area contributed by atoms with Crippen LogP contribution in [0.4, 0.5) is 0 Å². The predicted octanol–water partition coefficient (Wildman–Crippen LogP) is 2.65. The highest BCUT2D eigenvalue weighted by Gasteiger charge is 2.43. The Morgan fingerprint density at radius 2 is 2.26 bits per heavy atom. The van der Waals surface area contributed by atoms with Crippen LogP contribution in [0.15, 0.2) is 18.3 Å². The van der Waals surface area contributed by atoms with Crippen molar-refractivity contribution in [2.75, 3.05) is 6.61 Å². The van der Waals surface area contributed by atoms with Crippen LogP contribution in [0, 0.1) is 16.7 Å². The SMILES string of the molecule is CC(C)NCc1ccc(OCC2(CC#N)CC2)cn1. The molecule has 0 spiro atoms. The average molecular weight is 259 g/mol. The zero-order valence-electron chi connectivity index (χ0n) is 11.6. The van der Waals surface area contributed by atoms with E-state index >= 15 is 0 Å². The number of pyridine rings is 1. The molecule has 0 aliphatic heterocycles. The number of hydrogen-bond acceptors (Lipinski definition) is 4. The lowest BCUT2D eigenvalue weighted by Gasteiger charge is -2.13. The largest absolute Gasteiger partial charge is 0.491 e. The monoisotopic (exact) mass is 259 g/mol. The third-order valence-corrected chi connectivity index (χ3v) is 3.45. The first-order chi connectivity index (χ1) is 9.13. The third kappa shape index (κ3) is 4.22. The van der Waals surface area contributed by atoms with E-state index in [1.807, 2.05) is 12.1 Å². The molecule has 0 atom stereocenters. The molecule has 0 bridgehead atoms. The Morgan fingerprint density at radius 1 is 1.47 bits per heavy atom. The fourth-order valence-corrected chi connectivity index (χ4v) is 1.86. The fourth-order valence-electron chi connectivity index (χ4n) is 1.86. The molecule has 1 heterocycles. The Hall–Kier alpha value is -1.60. The zero-order chi connectivity index (χ0) is 13.7. The third-order valence-electron chi connectivity index (χ3n) is 3.45. The lowest BCUT2D eigenvalue weighted by atomic mass is 10.1. The highest BCUT2D eigenvalue weighted by Crippen LogP contribution is 2.48. The van der Waals surface area contributed by atoms with Crippen LogP contribution in [0.3, 0.4) is 0 Å². The molecule has 4 nitrogen and oxygen atoms in total. The summed E-state index contributed by atoms with van der Waals surface area (Å²) in [5, 5.41) is 12.1. The van der Waals surface area contributed by atoms with E-state index < -0.39 is 0 Å². The van der Waals surface area contributed by atoms with Crippen LogP contribution in [-0.2, 0) is 6.54 Å². The second-order valence-electron chi connectivity index (χ2n) is 5.64. The number of ether oxygens (including phenoxy) is 1. The average Bonchev–Trinajstić information content (AvgIpc) is 3.16. The van der Waals surface area contributed by atoms with Crippen molar-refractivity contribution < 1.29 is 4.74 Å². The summed E-state index contributed by atoms with van der Waals surface area (Å²) in [5.41, 5.74) is 1.13. The first-order valence-electron chi connectivity index (χ1n) is 6.82. The van der Waals surface area contributed by atoms with Gasteiger partial charge in [-0.2, -0.15) is 5.26 Å². The minimum Gasteiger partial charge on any atom is -0.491 e. The van der Waals surface area contributed by atoms with Gasteiger partial charge in [-0.25, -0.2) is 0 Å². The van der Waals surface area contributed by atoms with E-state index in [1.54, 1.807) is 6.20 Å². The van der Waals surface area contributed by atoms with Gasteiger partial charge in [-0.1, -0.05) is 13.8 Å². The number of nitrogens with one attached hydrogen (secondary N) is 1. The van der Waals surface area contributed by atoms with Crippen LogP contribution in [0.5, 0.6) is 5.75 Å². The fraction of sp³-hybridized carbons (Fsp3) is 0.600. The first kappa shape index (κ1) is 13.8. The summed E-state index contributed by atoms with van der Waals surface area (Å²) in [6.45, 7) is 5.63. The standard InChI is InChI=1S/C15H21N3O/c1-12(2)17-9-13-3-4-14(10-18-13)19-11-15(5-6-15)7-8-16/h3-4,10,12,17H,5-7,9,11H2,1-2H3.